The molecule has 1 heteroatoms. The van der Waals surface area contributed by atoms with Gasteiger partial charge in [-0.1, -0.05) is 24.5 Å². The summed E-state index contributed by atoms with van der Waals surface area (Å²) < 4.78 is 0. The second-order valence-electron chi connectivity index (χ2n) is 3.22. The van der Waals surface area contributed by atoms with Crippen molar-refractivity contribution in [2.75, 3.05) is 6.61 Å². The van der Waals surface area contributed by atoms with Gasteiger partial charge in [0.15, 0.2) is 0 Å². The van der Waals surface area contributed by atoms with Crippen LogP contribution in [0.1, 0.15) is 32.6 Å². The summed E-state index contributed by atoms with van der Waals surface area (Å²) in [6, 6.07) is 0. The van der Waals surface area contributed by atoms with Crippen LogP contribution in [0, 0.1) is 5.92 Å². The van der Waals surface area contributed by atoms with Crippen molar-refractivity contribution in [3.05, 3.63) is 11.6 Å². The second kappa shape index (κ2) is 3.77. The van der Waals surface area contributed by atoms with E-state index in [2.05, 4.69) is 6.08 Å². The molecule has 0 saturated heterocycles. The summed E-state index contributed by atoms with van der Waals surface area (Å²) >= 11 is 0. The van der Waals surface area contributed by atoms with Crippen molar-refractivity contribution >= 4 is 0 Å². The summed E-state index contributed by atoms with van der Waals surface area (Å²) in [6.07, 6.45) is 7.64. The number of aliphatic hydroxyl groups excluding tert-OH is 1. The van der Waals surface area contributed by atoms with Crippen molar-refractivity contribution in [3.63, 3.8) is 0 Å². The third kappa shape index (κ3) is 2.14. The molecule has 0 atom stereocenters. The Morgan fingerprint density at radius 1 is 1.50 bits per heavy atom. The highest BCUT2D eigenvalue weighted by Gasteiger charge is 2.11. The molecule has 1 N–H and O–H groups in total. The normalized spacial score (nSPS) is 22.0. The van der Waals surface area contributed by atoms with E-state index < -0.39 is 0 Å². The van der Waals surface area contributed by atoms with E-state index in [0.717, 1.165) is 11.5 Å². The van der Waals surface area contributed by atoms with Gasteiger partial charge in [0, 0.05) is 0 Å². The predicted octanol–water partition coefficient (Wildman–Crippen LogP) is 2.12. The van der Waals surface area contributed by atoms with E-state index >= 15 is 0 Å². The monoisotopic (exact) mass is 140 g/mol. The minimum Gasteiger partial charge on any atom is -0.392 e. The zero-order chi connectivity index (χ0) is 7.40. The van der Waals surface area contributed by atoms with Crippen LogP contribution in [0.4, 0.5) is 0 Å². The summed E-state index contributed by atoms with van der Waals surface area (Å²) in [4.78, 5) is 0. The molecule has 1 nitrogen and oxygen atoms in total. The number of allylic oxidation sites excluding steroid dienone is 1. The van der Waals surface area contributed by atoms with Gasteiger partial charge in [-0.3, -0.25) is 0 Å². The fourth-order valence-electron chi connectivity index (χ4n) is 1.58. The van der Waals surface area contributed by atoms with E-state index in [-0.39, 0.29) is 6.61 Å². The zero-order valence-electron chi connectivity index (χ0n) is 6.64. The first kappa shape index (κ1) is 7.80. The SMILES string of the molecule is CC(=CC1CCCC1)CO. The molecule has 0 aromatic heterocycles. The quantitative estimate of drug-likeness (QED) is 0.582. The maximum absolute atomic E-state index is 8.73. The first-order chi connectivity index (χ1) is 4.83. The molecule has 0 unspecified atom stereocenters. The molecule has 0 aromatic rings. The van der Waals surface area contributed by atoms with Gasteiger partial charge in [0.1, 0.15) is 0 Å². The summed E-state index contributed by atoms with van der Waals surface area (Å²) in [5.74, 6) is 0.771. The molecule has 0 aromatic carbocycles. The van der Waals surface area contributed by atoms with Gasteiger partial charge in [-0.05, 0) is 25.7 Å². The Morgan fingerprint density at radius 2 is 2.10 bits per heavy atom. The fraction of sp³-hybridized carbons (Fsp3) is 0.778. The molecule has 10 heavy (non-hydrogen) atoms. The molecule has 0 spiro atoms. The van der Waals surface area contributed by atoms with E-state index in [1.807, 2.05) is 6.92 Å². The Bertz CT molecular complexity index is 121. The average molecular weight is 140 g/mol. The smallest absolute Gasteiger partial charge is 0.0639 e. The van der Waals surface area contributed by atoms with E-state index in [4.69, 9.17) is 5.11 Å². The second-order valence-corrected chi connectivity index (χ2v) is 3.22. The molecule has 0 heterocycles. The standard InChI is InChI=1S/C9H16O/c1-8(7-10)6-9-4-2-3-5-9/h6,9-10H,2-5,7H2,1H3. The third-order valence-electron chi connectivity index (χ3n) is 2.17. The predicted molar refractivity (Wildman–Crippen MR) is 42.8 cm³/mol. The maximum atomic E-state index is 8.73. The van der Waals surface area contributed by atoms with Gasteiger partial charge in [-0.25, -0.2) is 0 Å². The Kier molecular flexibility index (Phi) is 2.94. The lowest BCUT2D eigenvalue weighted by Gasteiger charge is -2.02. The number of hydrogen-bond acceptors (Lipinski definition) is 1. The van der Waals surface area contributed by atoms with Crippen molar-refractivity contribution in [1.82, 2.24) is 0 Å². The van der Waals surface area contributed by atoms with E-state index in [1.54, 1.807) is 0 Å². The van der Waals surface area contributed by atoms with Crippen molar-refractivity contribution in [2.45, 2.75) is 32.6 Å². The van der Waals surface area contributed by atoms with Crippen molar-refractivity contribution in [2.24, 2.45) is 5.92 Å². The minimum atomic E-state index is 0.233. The number of rotatable bonds is 2. The maximum Gasteiger partial charge on any atom is 0.0639 e. The Hall–Kier alpha value is -0.300. The average Bonchev–Trinajstić information content (AvgIpc) is 2.40. The van der Waals surface area contributed by atoms with E-state index in [1.165, 1.54) is 25.7 Å². The van der Waals surface area contributed by atoms with Crippen LogP contribution >= 0.6 is 0 Å². The molecule has 1 saturated carbocycles. The van der Waals surface area contributed by atoms with Gasteiger partial charge >= 0.3 is 0 Å². The van der Waals surface area contributed by atoms with Gasteiger partial charge in [-0.15, -0.1) is 0 Å². The summed E-state index contributed by atoms with van der Waals surface area (Å²) in [7, 11) is 0. The first-order valence-corrected chi connectivity index (χ1v) is 4.11. The number of hydrogen-bond donors (Lipinski definition) is 1. The molecule has 0 amide bonds. The molecule has 1 aliphatic carbocycles. The van der Waals surface area contributed by atoms with Crippen LogP contribution in [0.15, 0.2) is 11.6 Å². The van der Waals surface area contributed by atoms with Crippen LogP contribution in [0.25, 0.3) is 0 Å². The highest BCUT2D eigenvalue weighted by atomic mass is 16.3. The Morgan fingerprint density at radius 3 is 2.60 bits per heavy atom. The van der Waals surface area contributed by atoms with Gasteiger partial charge in [-0.2, -0.15) is 0 Å². The van der Waals surface area contributed by atoms with E-state index in [0.29, 0.717) is 0 Å². The molecular weight excluding hydrogens is 124 g/mol. The molecular formula is C9H16O. The third-order valence-corrected chi connectivity index (χ3v) is 2.17. The zero-order valence-corrected chi connectivity index (χ0v) is 6.64. The van der Waals surface area contributed by atoms with Crippen molar-refractivity contribution in [1.29, 1.82) is 0 Å². The number of aliphatic hydroxyl groups is 1. The lowest BCUT2D eigenvalue weighted by Crippen LogP contribution is -1.91. The van der Waals surface area contributed by atoms with Crippen molar-refractivity contribution in [3.8, 4) is 0 Å². The van der Waals surface area contributed by atoms with Crippen molar-refractivity contribution < 1.29 is 5.11 Å². The highest BCUT2D eigenvalue weighted by molar-refractivity contribution is 5.02. The fourth-order valence-corrected chi connectivity index (χ4v) is 1.58. The van der Waals surface area contributed by atoms with Crippen LogP contribution in [0.2, 0.25) is 0 Å². The largest absolute Gasteiger partial charge is 0.392 e. The van der Waals surface area contributed by atoms with Crippen LogP contribution < -0.4 is 0 Å². The van der Waals surface area contributed by atoms with Crippen LogP contribution in [0.5, 0.6) is 0 Å². The first-order valence-electron chi connectivity index (χ1n) is 4.11. The molecule has 58 valence electrons. The lowest BCUT2D eigenvalue weighted by molar-refractivity contribution is 0.330. The lowest BCUT2D eigenvalue weighted by atomic mass is 10.1. The molecule has 1 rings (SSSR count). The topological polar surface area (TPSA) is 20.2 Å². The van der Waals surface area contributed by atoms with Crippen LogP contribution in [-0.2, 0) is 0 Å². The summed E-state index contributed by atoms with van der Waals surface area (Å²) in [5.41, 5.74) is 1.13. The van der Waals surface area contributed by atoms with Crippen LogP contribution in [0.3, 0.4) is 0 Å². The molecule has 0 radical (unpaired) electrons. The molecule has 0 aliphatic heterocycles. The summed E-state index contributed by atoms with van der Waals surface area (Å²) in [6.45, 7) is 2.23. The molecule has 1 aliphatic rings. The van der Waals surface area contributed by atoms with Crippen LogP contribution in [-0.4, -0.2) is 11.7 Å². The molecule has 0 bridgehead atoms. The van der Waals surface area contributed by atoms with E-state index in [9.17, 15) is 0 Å². The summed E-state index contributed by atoms with van der Waals surface area (Å²) in [5, 5.41) is 8.73. The van der Waals surface area contributed by atoms with Gasteiger partial charge in [0.05, 0.1) is 6.61 Å². The minimum absolute atomic E-state index is 0.233. The molecule has 1 fully saturated rings. The Balaban J connectivity index is 2.34. The van der Waals surface area contributed by atoms with Gasteiger partial charge in [0.25, 0.3) is 0 Å². The highest BCUT2D eigenvalue weighted by Crippen LogP contribution is 2.26. The Labute approximate surface area is 62.8 Å². The van der Waals surface area contributed by atoms with Gasteiger partial charge in [0.2, 0.25) is 0 Å². The van der Waals surface area contributed by atoms with Gasteiger partial charge < -0.3 is 5.11 Å².